The zero-order chi connectivity index (χ0) is 21.9. The van der Waals surface area contributed by atoms with E-state index in [0.717, 1.165) is 41.0 Å². The second-order valence-corrected chi connectivity index (χ2v) is 8.24. The summed E-state index contributed by atoms with van der Waals surface area (Å²) in [4.78, 5) is 21.1. The van der Waals surface area contributed by atoms with Crippen molar-refractivity contribution < 1.29 is 9.53 Å². The zero-order valence-electron chi connectivity index (χ0n) is 18.0. The highest BCUT2D eigenvalue weighted by Gasteiger charge is 2.25. The van der Waals surface area contributed by atoms with E-state index in [0.29, 0.717) is 6.42 Å². The Labute approximate surface area is 187 Å². The number of fused-ring (bicyclic) bond motifs is 2. The van der Waals surface area contributed by atoms with Gasteiger partial charge in [0.25, 0.3) is 0 Å². The van der Waals surface area contributed by atoms with Gasteiger partial charge in [0, 0.05) is 6.04 Å². The van der Waals surface area contributed by atoms with Crippen molar-refractivity contribution in [2.45, 2.75) is 31.3 Å². The van der Waals surface area contributed by atoms with Crippen molar-refractivity contribution in [1.29, 1.82) is 0 Å². The molecule has 0 bridgehead atoms. The molecule has 1 aliphatic carbocycles. The summed E-state index contributed by atoms with van der Waals surface area (Å²) < 4.78 is 5.27. The number of amides is 2. The first-order chi connectivity index (χ1) is 15.7. The number of hydrogen-bond acceptors (Lipinski definition) is 3. The van der Waals surface area contributed by atoms with Crippen molar-refractivity contribution in [2.24, 2.45) is 0 Å². The molecular formula is C26H26N4O2. The SMILES string of the molecule is COc1ccc(CC(NC(=O)NC2Cc3ccccc3C2)c2nc3ccccc3[nH]2)cc1. The van der Waals surface area contributed by atoms with Crippen molar-refractivity contribution in [3.8, 4) is 5.75 Å². The molecule has 1 atom stereocenters. The molecule has 6 heteroatoms. The molecule has 1 heterocycles. The molecule has 3 aromatic carbocycles. The predicted octanol–water partition coefficient (Wildman–Crippen LogP) is 4.32. The number of ether oxygens (including phenoxy) is 1. The van der Waals surface area contributed by atoms with Crippen molar-refractivity contribution in [3.63, 3.8) is 0 Å². The van der Waals surface area contributed by atoms with E-state index in [-0.39, 0.29) is 18.1 Å². The number of carbonyl (C=O) groups is 1. The summed E-state index contributed by atoms with van der Waals surface area (Å²) in [6, 6.07) is 23.8. The molecule has 0 spiro atoms. The van der Waals surface area contributed by atoms with Crippen LogP contribution in [0.5, 0.6) is 5.75 Å². The maximum Gasteiger partial charge on any atom is 0.315 e. The summed E-state index contributed by atoms with van der Waals surface area (Å²) in [5.41, 5.74) is 5.55. The van der Waals surface area contributed by atoms with Gasteiger partial charge < -0.3 is 20.4 Å². The number of urea groups is 1. The molecule has 6 nitrogen and oxygen atoms in total. The van der Waals surface area contributed by atoms with E-state index in [1.54, 1.807) is 7.11 Å². The van der Waals surface area contributed by atoms with Crippen LogP contribution in [0.4, 0.5) is 4.79 Å². The van der Waals surface area contributed by atoms with Crippen LogP contribution < -0.4 is 15.4 Å². The van der Waals surface area contributed by atoms with Crippen LogP contribution in [0.2, 0.25) is 0 Å². The van der Waals surface area contributed by atoms with Gasteiger partial charge in [-0.25, -0.2) is 9.78 Å². The van der Waals surface area contributed by atoms with E-state index >= 15 is 0 Å². The number of nitrogens with one attached hydrogen (secondary N) is 3. The lowest BCUT2D eigenvalue weighted by Gasteiger charge is -2.20. The minimum Gasteiger partial charge on any atom is -0.497 e. The molecule has 0 saturated carbocycles. The number of para-hydroxylation sites is 2. The lowest BCUT2D eigenvalue weighted by molar-refractivity contribution is 0.233. The lowest BCUT2D eigenvalue weighted by atomic mass is 10.1. The van der Waals surface area contributed by atoms with Crippen LogP contribution in [0.15, 0.2) is 72.8 Å². The Morgan fingerprint density at radius 3 is 2.41 bits per heavy atom. The van der Waals surface area contributed by atoms with E-state index in [1.807, 2.05) is 60.7 Å². The number of aromatic amines is 1. The Kier molecular flexibility index (Phi) is 5.50. The fourth-order valence-electron chi connectivity index (χ4n) is 4.40. The average molecular weight is 427 g/mol. The standard InChI is InChI=1S/C26H26N4O2/c1-32-21-12-10-17(11-13-21)14-24(25-28-22-8-4-5-9-23(22)29-25)30-26(31)27-20-15-18-6-2-3-7-19(18)16-20/h2-13,20,24H,14-16H2,1H3,(H,28,29)(H2,27,30,31). The molecule has 0 fully saturated rings. The number of rotatable bonds is 6. The van der Waals surface area contributed by atoms with Crippen molar-refractivity contribution in [3.05, 3.63) is 95.3 Å². The number of nitrogens with zero attached hydrogens (tertiary/aromatic N) is 1. The fourth-order valence-corrected chi connectivity index (χ4v) is 4.40. The van der Waals surface area contributed by atoms with Gasteiger partial charge in [0.2, 0.25) is 0 Å². The van der Waals surface area contributed by atoms with Gasteiger partial charge in [-0.15, -0.1) is 0 Å². The quantitative estimate of drug-likeness (QED) is 0.430. The van der Waals surface area contributed by atoms with Gasteiger partial charge in [-0.05, 0) is 60.2 Å². The Morgan fingerprint density at radius 2 is 1.72 bits per heavy atom. The summed E-state index contributed by atoms with van der Waals surface area (Å²) >= 11 is 0. The summed E-state index contributed by atoms with van der Waals surface area (Å²) in [6.45, 7) is 0. The van der Waals surface area contributed by atoms with Gasteiger partial charge in [0.05, 0.1) is 24.2 Å². The van der Waals surface area contributed by atoms with Crippen LogP contribution in [0.1, 0.15) is 28.6 Å². The Balaban J connectivity index is 1.33. The summed E-state index contributed by atoms with van der Waals surface area (Å²) in [5, 5.41) is 6.30. The minimum absolute atomic E-state index is 0.102. The van der Waals surface area contributed by atoms with E-state index in [1.165, 1.54) is 11.1 Å². The summed E-state index contributed by atoms with van der Waals surface area (Å²) in [7, 11) is 1.65. The highest BCUT2D eigenvalue weighted by Crippen LogP contribution is 2.23. The molecule has 0 radical (unpaired) electrons. The number of aromatic nitrogens is 2. The largest absolute Gasteiger partial charge is 0.497 e. The molecule has 3 N–H and O–H groups in total. The molecule has 162 valence electrons. The van der Waals surface area contributed by atoms with Crippen LogP contribution in [0.25, 0.3) is 11.0 Å². The van der Waals surface area contributed by atoms with Gasteiger partial charge in [-0.3, -0.25) is 0 Å². The third kappa shape index (κ3) is 4.30. The van der Waals surface area contributed by atoms with E-state index in [2.05, 4.69) is 27.8 Å². The van der Waals surface area contributed by atoms with Gasteiger partial charge in [-0.1, -0.05) is 48.5 Å². The molecule has 1 aromatic heterocycles. The normalized spacial score (nSPS) is 14.2. The Hall–Kier alpha value is -3.80. The number of methoxy groups -OCH3 is 1. The van der Waals surface area contributed by atoms with E-state index < -0.39 is 0 Å². The predicted molar refractivity (Wildman–Crippen MR) is 125 cm³/mol. The first-order valence-corrected chi connectivity index (χ1v) is 10.9. The first-order valence-electron chi connectivity index (χ1n) is 10.9. The zero-order valence-corrected chi connectivity index (χ0v) is 18.0. The maximum absolute atomic E-state index is 13.0. The van der Waals surface area contributed by atoms with Crippen LogP contribution >= 0.6 is 0 Å². The highest BCUT2D eigenvalue weighted by molar-refractivity contribution is 5.77. The smallest absolute Gasteiger partial charge is 0.315 e. The molecular weight excluding hydrogens is 400 g/mol. The number of benzene rings is 3. The van der Waals surface area contributed by atoms with E-state index in [4.69, 9.17) is 9.72 Å². The van der Waals surface area contributed by atoms with Gasteiger partial charge in [0.1, 0.15) is 11.6 Å². The second-order valence-electron chi connectivity index (χ2n) is 8.24. The molecule has 0 aliphatic heterocycles. The monoisotopic (exact) mass is 426 g/mol. The minimum atomic E-state index is -0.292. The van der Waals surface area contributed by atoms with Crippen LogP contribution in [-0.4, -0.2) is 29.2 Å². The maximum atomic E-state index is 13.0. The molecule has 0 saturated heterocycles. The Bertz CT molecular complexity index is 1170. The molecule has 32 heavy (non-hydrogen) atoms. The Morgan fingerprint density at radius 1 is 1.03 bits per heavy atom. The summed E-state index contributed by atoms with van der Waals surface area (Å²) in [5.74, 6) is 1.55. The molecule has 5 rings (SSSR count). The summed E-state index contributed by atoms with van der Waals surface area (Å²) in [6.07, 6.45) is 2.33. The molecule has 2 amide bonds. The van der Waals surface area contributed by atoms with Crippen LogP contribution in [0, 0.1) is 0 Å². The third-order valence-electron chi connectivity index (χ3n) is 6.03. The van der Waals surface area contributed by atoms with Gasteiger partial charge in [0.15, 0.2) is 0 Å². The van der Waals surface area contributed by atoms with Gasteiger partial charge >= 0.3 is 6.03 Å². The van der Waals surface area contributed by atoms with Crippen molar-refractivity contribution in [2.75, 3.05) is 7.11 Å². The lowest BCUT2D eigenvalue weighted by Crippen LogP contribution is -2.44. The number of hydrogen-bond donors (Lipinski definition) is 3. The van der Waals surface area contributed by atoms with Crippen LogP contribution in [0.3, 0.4) is 0 Å². The third-order valence-corrected chi connectivity index (χ3v) is 6.03. The topological polar surface area (TPSA) is 79.0 Å². The number of H-pyrrole nitrogens is 1. The van der Waals surface area contributed by atoms with Gasteiger partial charge in [-0.2, -0.15) is 0 Å². The van der Waals surface area contributed by atoms with E-state index in [9.17, 15) is 4.79 Å². The van der Waals surface area contributed by atoms with Crippen molar-refractivity contribution >= 4 is 17.1 Å². The molecule has 1 unspecified atom stereocenters. The molecule has 4 aromatic rings. The highest BCUT2D eigenvalue weighted by atomic mass is 16.5. The fraction of sp³-hybridized carbons (Fsp3) is 0.231. The first kappa shape index (κ1) is 20.1. The molecule has 1 aliphatic rings. The number of imidazole rings is 1. The van der Waals surface area contributed by atoms with Crippen LogP contribution in [-0.2, 0) is 19.3 Å². The van der Waals surface area contributed by atoms with Crippen molar-refractivity contribution in [1.82, 2.24) is 20.6 Å². The number of carbonyl (C=O) groups excluding carboxylic acids is 1. The second kappa shape index (κ2) is 8.75. The average Bonchev–Trinajstić information content (AvgIpc) is 3.42.